The maximum atomic E-state index is 12.5. The minimum atomic E-state index is -0.226. The van der Waals surface area contributed by atoms with Gasteiger partial charge in [0.15, 0.2) is 5.82 Å². The van der Waals surface area contributed by atoms with Gasteiger partial charge in [-0.3, -0.25) is 14.6 Å². The number of hydrogen-bond acceptors (Lipinski definition) is 7. The highest BCUT2D eigenvalue weighted by atomic mass is 16.5. The molecule has 3 rings (SSSR count). The predicted octanol–water partition coefficient (Wildman–Crippen LogP) is 1.17. The SMILES string of the molecule is CCc1noc(CCC(=O)N2CCCC(NC(=O)c3cnccn3)CC2)n1. The zero-order valence-electron chi connectivity index (χ0n) is 15.4. The molecule has 0 bridgehead atoms. The molecule has 27 heavy (non-hydrogen) atoms. The Hall–Kier alpha value is -2.84. The second kappa shape index (κ2) is 9.20. The Balaban J connectivity index is 1.46. The highest BCUT2D eigenvalue weighted by molar-refractivity contribution is 5.92. The van der Waals surface area contributed by atoms with Crippen molar-refractivity contribution < 1.29 is 14.1 Å². The van der Waals surface area contributed by atoms with Crippen LogP contribution in [0.5, 0.6) is 0 Å². The Morgan fingerprint density at radius 1 is 1.30 bits per heavy atom. The van der Waals surface area contributed by atoms with Gasteiger partial charge in [-0.15, -0.1) is 0 Å². The Labute approximate surface area is 157 Å². The van der Waals surface area contributed by atoms with Gasteiger partial charge in [-0.1, -0.05) is 12.1 Å². The molecule has 2 aromatic rings. The van der Waals surface area contributed by atoms with Crippen LogP contribution in [-0.2, 0) is 17.6 Å². The first-order valence-electron chi connectivity index (χ1n) is 9.31. The number of carbonyl (C=O) groups is 2. The topological polar surface area (TPSA) is 114 Å². The summed E-state index contributed by atoms with van der Waals surface area (Å²) in [6.07, 6.45) is 8.39. The Morgan fingerprint density at radius 3 is 2.93 bits per heavy atom. The second-order valence-electron chi connectivity index (χ2n) is 6.53. The number of nitrogens with zero attached hydrogens (tertiary/aromatic N) is 5. The van der Waals surface area contributed by atoms with Crippen LogP contribution >= 0.6 is 0 Å². The molecule has 0 spiro atoms. The molecule has 2 aromatic heterocycles. The molecule has 1 aliphatic rings. The van der Waals surface area contributed by atoms with E-state index in [9.17, 15) is 9.59 Å². The van der Waals surface area contributed by atoms with E-state index < -0.39 is 0 Å². The molecule has 2 amide bonds. The third-order valence-corrected chi connectivity index (χ3v) is 4.59. The first kappa shape index (κ1) is 18.9. The van der Waals surface area contributed by atoms with Crippen LogP contribution in [0.2, 0.25) is 0 Å². The van der Waals surface area contributed by atoms with E-state index in [-0.39, 0.29) is 17.9 Å². The van der Waals surface area contributed by atoms with Crippen LogP contribution in [0.1, 0.15) is 54.8 Å². The van der Waals surface area contributed by atoms with Gasteiger partial charge in [-0.05, 0) is 19.3 Å². The zero-order chi connectivity index (χ0) is 19.1. The largest absolute Gasteiger partial charge is 0.348 e. The lowest BCUT2D eigenvalue weighted by Gasteiger charge is -2.20. The van der Waals surface area contributed by atoms with Crippen molar-refractivity contribution in [1.82, 2.24) is 30.3 Å². The smallest absolute Gasteiger partial charge is 0.271 e. The van der Waals surface area contributed by atoms with Crippen molar-refractivity contribution in [2.24, 2.45) is 0 Å². The molecular weight excluding hydrogens is 348 g/mol. The van der Waals surface area contributed by atoms with Crippen LogP contribution in [0.3, 0.4) is 0 Å². The second-order valence-corrected chi connectivity index (χ2v) is 6.53. The third-order valence-electron chi connectivity index (χ3n) is 4.59. The van der Waals surface area contributed by atoms with E-state index in [0.717, 1.165) is 19.3 Å². The van der Waals surface area contributed by atoms with Gasteiger partial charge in [-0.2, -0.15) is 4.98 Å². The maximum Gasteiger partial charge on any atom is 0.271 e. The van der Waals surface area contributed by atoms with E-state index in [4.69, 9.17) is 4.52 Å². The van der Waals surface area contributed by atoms with Crippen LogP contribution in [0, 0.1) is 0 Å². The summed E-state index contributed by atoms with van der Waals surface area (Å²) in [5, 5.41) is 6.83. The summed E-state index contributed by atoms with van der Waals surface area (Å²) in [6.45, 7) is 3.27. The van der Waals surface area contributed by atoms with E-state index in [1.807, 2.05) is 11.8 Å². The Kier molecular flexibility index (Phi) is 6.45. The van der Waals surface area contributed by atoms with Crippen LogP contribution in [0.15, 0.2) is 23.1 Å². The minimum absolute atomic E-state index is 0.0281. The fourth-order valence-electron chi connectivity index (χ4n) is 3.07. The van der Waals surface area contributed by atoms with Gasteiger partial charge in [0.1, 0.15) is 5.69 Å². The van der Waals surface area contributed by atoms with Crippen LogP contribution < -0.4 is 5.32 Å². The lowest BCUT2D eigenvalue weighted by Crippen LogP contribution is -2.37. The van der Waals surface area contributed by atoms with Crippen molar-refractivity contribution in [2.75, 3.05) is 13.1 Å². The highest BCUT2D eigenvalue weighted by Gasteiger charge is 2.22. The van der Waals surface area contributed by atoms with E-state index in [1.165, 1.54) is 18.6 Å². The summed E-state index contributed by atoms with van der Waals surface area (Å²) < 4.78 is 5.13. The molecule has 0 saturated carbocycles. The summed E-state index contributed by atoms with van der Waals surface area (Å²) in [6, 6.07) is 0.0281. The highest BCUT2D eigenvalue weighted by Crippen LogP contribution is 2.13. The summed E-state index contributed by atoms with van der Waals surface area (Å²) in [7, 11) is 0. The summed E-state index contributed by atoms with van der Waals surface area (Å²) in [5.74, 6) is 1.01. The number of amides is 2. The van der Waals surface area contributed by atoms with Crippen LogP contribution in [0.4, 0.5) is 0 Å². The molecule has 3 heterocycles. The van der Waals surface area contributed by atoms with Crippen molar-refractivity contribution >= 4 is 11.8 Å². The molecule has 9 heteroatoms. The van der Waals surface area contributed by atoms with E-state index in [1.54, 1.807) is 0 Å². The van der Waals surface area contributed by atoms with Gasteiger partial charge in [-0.25, -0.2) is 4.98 Å². The quantitative estimate of drug-likeness (QED) is 0.809. The lowest BCUT2D eigenvalue weighted by molar-refractivity contribution is -0.131. The molecule has 1 N–H and O–H groups in total. The molecule has 0 radical (unpaired) electrons. The summed E-state index contributed by atoms with van der Waals surface area (Å²) in [4.78, 5) is 38.7. The molecule has 1 unspecified atom stereocenters. The fraction of sp³-hybridized carbons (Fsp3) is 0.556. The first-order chi connectivity index (χ1) is 13.2. The van der Waals surface area contributed by atoms with Gasteiger partial charge in [0.2, 0.25) is 11.8 Å². The predicted molar refractivity (Wildman–Crippen MR) is 95.7 cm³/mol. The van der Waals surface area contributed by atoms with Crippen molar-refractivity contribution in [2.45, 2.75) is 51.5 Å². The maximum absolute atomic E-state index is 12.5. The van der Waals surface area contributed by atoms with E-state index >= 15 is 0 Å². The molecular formula is C18H24N6O3. The number of aromatic nitrogens is 4. The average molecular weight is 372 g/mol. The molecule has 1 aliphatic heterocycles. The van der Waals surface area contributed by atoms with Gasteiger partial charge >= 0.3 is 0 Å². The van der Waals surface area contributed by atoms with Gasteiger partial charge in [0.25, 0.3) is 5.91 Å². The molecule has 0 aliphatic carbocycles. The van der Waals surface area contributed by atoms with E-state index in [0.29, 0.717) is 49.8 Å². The number of rotatable bonds is 6. The molecule has 1 saturated heterocycles. The Morgan fingerprint density at radius 2 is 2.19 bits per heavy atom. The van der Waals surface area contributed by atoms with Crippen molar-refractivity contribution in [3.63, 3.8) is 0 Å². The molecule has 0 aromatic carbocycles. The van der Waals surface area contributed by atoms with E-state index in [2.05, 4.69) is 25.4 Å². The fourth-order valence-corrected chi connectivity index (χ4v) is 3.07. The summed E-state index contributed by atoms with van der Waals surface area (Å²) >= 11 is 0. The third kappa shape index (κ3) is 5.32. The number of carbonyl (C=O) groups excluding carboxylic acids is 2. The number of nitrogens with one attached hydrogen (secondary N) is 1. The van der Waals surface area contributed by atoms with Gasteiger partial charge in [0, 0.05) is 50.8 Å². The van der Waals surface area contributed by atoms with Crippen LogP contribution in [0.25, 0.3) is 0 Å². The van der Waals surface area contributed by atoms with Crippen molar-refractivity contribution in [3.8, 4) is 0 Å². The van der Waals surface area contributed by atoms with Crippen molar-refractivity contribution in [1.29, 1.82) is 0 Å². The zero-order valence-corrected chi connectivity index (χ0v) is 15.4. The monoisotopic (exact) mass is 372 g/mol. The van der Waals surface area contributed by atoms with Crippen molar-refractivity contribution in [3.05, 3.63) is 36.0 Å². The molecule has 1 fully saturated rings. The van der Waals surface area contributed by atoms with Crippen LogP contribution in [-0.4, -0.2) is 56.0 Å². The Bertz CT molecular complexity index is 763. The molecule has 9 nitrogen and oxygen atoms in total. The molecule has 144 valence electrons. The number of likely N-dealkylation sites (tertiary alicyclic amines) is 1. The van der Waals surface area contributed by atoms with Gasteiger partial charge < -0.3 is 14.7 Å². The standard InChI is InChI=1S/C18H24N6O3/c1-2-15-22-16(27-23-15)5-6-17(25)24-10-3-4-13(7-11-24)21-18(26)14-12-19-8-9-20-14/h8-9,12-13H,2-7,10-11H2,1H3,(H,21,26). The lowest BCUT2D eigenvalue weighted by atomic mass is 10.1. The normalized spacial score (nSPS) is 17.4. The molecule has 1 atom stereocenters. The minimum Gasteiger partial charge on any atom is -0.348 e. The average Bonchev–Trinajstić information content (AvgIpc) is 3.04. The number of aryl methyl sites for hydroxylation is 2. The summed E-state index contributed by atoms with van der Waals surface area (Å²) in [5.41, 5.74) is 0.306. The number of hydrogen-bond donors (Lipinski definition) is 1. The van der Waals surface area contributed by atoms with Gasteiger partial charge in [0.05, 0.1) is 6.20 Å². The first-order valence-corrected chi connectivity index (χ1v) is 9.31.